The Bertz CT molecular complexity index is 968. The van der Waals surface area contributed by atoms with Gasteiger partial charge in [-0.25, -0.2) is 4.39 Å². The van der Waals surface area contributed by atoms with Gasteiger partial charge in [0.1, 0.15) is 11.6 Å². The third-order valence-corrected chi connectivity index (χ3v) is 8.24. The molecule has 2 aliphatic heterocycles. The number of nitrogens with zero attached hydrogens (tertiary/aromatic N) is 1. The zero-order chi connectivity index (χ0) is 27.4. The number of aromatic nitrogens is 1. The number of hydrogen-bond donors (Lipinski definition) is 3. The topological polar surface area (TPSA) is 112 Å². The smallest absolute Gasteiger partial charge is 0.223 e. The van der Waals surface area contributed by atoms with Gasteiger partial charge < -0.3 is 20.3 Å². The Hall–Kier alpha value is -2.16. The van der Waals surface area contributed by atoms with Crippen molar-refractivity contribution in [1.82, 2.24) is 10.3 Å². The second-order valence-corrected chi connectivity index (χ2v) is 11.6. The summed E-state index contributed by atoms with van der Waals surface area (Å²) >= 11 is 0. The normalized spacial score (nSPS) is 35.9. The van der Waals surface area contributed by atoms with Gasteiger partial charge in [-0.3, -0.25) is 14.6 Å². The van der Waals surface area contributed by atoms with E-state index in [1.54, 1.807) is 38.2 Å². The van der Waals surface area contributed by atoms with E-state index < -0.39 is 46.9 Å². The first-order chi connectivity index (χ1) is 17.4. The van der Waals surface area contributed by atoms with Gasteiger partial charge in [-0.15, -0.1) is 0 Å². The summed E-state index contributed by atoms with van der Waals surface area (Å²) in [7, 11) is 0. The fraction of sp³-hybridized carbons (Fsp3) is 0.690. The molecule has 2 saturated heterocycles. The van der Waals surface area contributed by atoms with E-state index in [0.717, 1.165) is 19.3 Å². The molecule has 2 fully saturated rings. The highest BCUT2D eigenvalue weighted by molar-refractivity contribution is 5.88. The molecule has 2 aliphatic rings. The van der Waals surface area contributed by atoms with Crippen LogP contribution in [0, 0.1) is 17.3 Å². The minimum absolute atomic E-state index is 0.114. The summed E-state index contributed by atoms with van der Waals surface area (Å²) in [5.41, 5.74) is -1.26. The zero-order valence-corrected chi connectivity index (χ0v) is 22.7. The number of hydrogen-bond acceptors (Lipinski definition) is 6. The maximum absolute atomic E-state index is 15.4. The Balaban J connectivity index is 1.88. The lowest BCUT2D eigenvalue weighted by Crippen LogP contribution is -2.48. The Labute approximate surface area is 219 Å². The molecule has 7 atom stereocenters. The number of halogens is 1. The molecule has 0 aromatic carbocycles. The molecule has 0 spiro atoms. The lowest BCUT2D eigenvalue weighted by Gasteiger charge is -2.36. The number of pyridine rings is 1. The molecule has 0 aliphatic carbocycles. The molecule has 0 radical (unpaired) electrons. The van der Waals surface area contributed by atoms with Gasteiger partial charge in [-0.1, -0.05) is 46.6 Å². The Morgan fingerprint density at radius 3 is 2.65 bits per heavy atom. The standard InChI is InChI=1S/C29H43FN2O5/c1-6-10-20-26(35)18(2)11-9-13-29(5)24(37-29)16-22(21(30)15-19-12-7-8-14-31-19)32-25(34)17-23(33)28(3,4)27(20)36/h7-8,12,14-15,18,20,22-24,26,33,35H,6,9-11,13,16-17H2,1-5H3,(H,32,34)/b21-15-/t18-,20+,22-,23-,24-,26-,29+/m0/s1. The number of Topliss-reactive ketones (excluding diaryl/α,β-unsaturated/α-hetero) is 1. The van der Waals surface area contributed by atoms with Crippen LogP contribution in [-0.4, -0.2) is 56.8 Å². The molecule has 0 bridgehead atoms. The SMILES string of the molecule is CCC[C@H]1C(=O)C(C)(C)[C@@H](O)CC(=O)N[C@H](/C(F)=C/c2ccccn2)C[C@@H]2O[C@]2(C)CCC[C@H](C)[C@@H]1O. The van der Waals surface area contributed by atoms with Crippen molar-refractivity contribution in [2.75, 3.05) is 0 Å². The maximum atomic E-state index is 15.4. The highest BCUT2D eigenvalue weighted by atomic mass is 19.1. The first-order valence-corrected chi connectivity index (χ1v) is 13.5. The summed E-state index contributed by atoms with van der Waals surface area (Å²) in [5, 5.41) is 24.8. The van der Waals surface area contributed by atoms with Crippen LogP contribution >= 0.6 is 0 Å². The van der Waals surface area contributed by atoms with Gasteiger partial charge in [0.15, 0.2) is 0 Å². The van der Waals surface area contributed by atoms with Gasteiger partial charge in [-0.05, 0) is 50.3 Å². The van der Waals surface area contributed by atoms with E-state index in [4.69, 9.17) is 4.74 Å². The van der Waals surface area contributed by atoms with Crippen LogP contribution in [-0.2, 0) is 14.3 Å². The van der Waals surface area contributed by atoms with Crippen molar-refractivity contribution in [3.63, 3.8) is 0 Å². The monoisotopic (exact) mass is 518 g/mol. The molecular weight excluding hydrogens is 475 g/mol. The summed E-state index contributed by atoms with van der Waals surface area (Å²) in [6, 6.07) is 4.22. The van der Waals surface area contributed by atoms with Crippen molar-refractivity contribution in [1.29, 1.82) is 0 Å². The molecule has 3 N–H and O–H groups in total. The Morgan fingerprint density at radius 2 is 2.00 bits per heavy atom. The van der Waals surface area contributed by atoms with Crippen molar-refractivity contribution in [3.8, 4) is 0 Å². The van der Waals surface area contributed by atoms with Gasteiger partial charge >= 0.3 is 0 Å². The van der Waals surface area contributed by atoms with Crippen LogP contribution in [0.2, 0.25) is 0 Å². The molecule has 1 amide bonds. The number of epoxide rings is 1. The van der Waals surface area contributed by atoms with Crippen LogP contribution in [0.4, 0.5) is 4.39 Å². The van der Waals surface area contributed by atoms with Crippen LogP contribution in [0.25, 0.3) is 6.08 Å². The molecule has 7 nitrogen and oxygen atoms in total. The minimum Gasteiger partial charge on any atom is -0.392 e. The molecule has 3 heterocycles. The molecule has 0 unspecified atom stereocenters. The van der Waals surface area contributed by atoms with E-state index in [2.05, 4.69) is 10.3 Å². The van der Waals surface area contributed by atoms with E-state index in [0.29, 0.717) is 18.5 Å². The average Bonchev–Trinajstić information content (AvgIpc) is 3.49. The number of rotatable bonds is 4. The molecule has 1 aromatic rings. The number of aliphatic hydroxyl groups excluding tert-OH is 2. The van der Waals surface area contributed by atoms with Gasteiger partial charge in [0, 0.05) is 18.5 Å². The van der Waals surface area contributed by atoms with E-state index in [-0.39, 0.29) is 30.6 Å². The Kier molecular flexibility index (Phi) is 9.64. The van der Waals surface area contributed by atoms with Crippen molar-refractivity contribution in [2.24, 2.45) is 17.3 Å². The largest absolute Gasteiger partial charge is 0.392 e. The van der Waals surface area contributed by atoms with Crippen LogP contribution in [0.1, 0.15) is 85.3 Å². The summed E-state index contributed by atoms with van der Waals surface area (Å²) in [6.07, 6.45) is 3.84. The van der Waals surface area contributed by atoms with Crippen molar-refractivity contribution in [3.05, 3.63) is 35.9 Å². The number of aliphatic hydroxyl groups is 2. The number of carbonyl (C=O) groups is 2. The van der Waals surface area contributed by atoms with Crippen LogP contribution < -0.4 is 5.32 Å². The van der Waals surface area contributed by atoms with Gasteiger partial charge in [-0.2, -0.15) is 0 Å². The summed E-state index contributed by atoms with van der Waals surface area (Å²) < 4.78 is 21.4. The summed E-state index contributed by atoms with van der Waals surface area (Å²) in [6.45, 7) is 9.11. The molecular formula is C29H43FN2O5. The minimum atomic E-state index is -1.29. The number of amides is 1. The van der Waals surface area contributed by atoms with Crippen LogP contribution in [0.5, 0.6) is 0 Å². The first kappa shape index (κ1) is 29.4. The van der Waals surface area contributed by atoms with E-state index in [1.165, 1.54) is 6.08 Å². The van der Waals surface area contributed by atoms with Gasteiger partial charge in [0.2, 0.25) is 5.91 Å². The third kappa shape index (κ3) is 7.24. The first-order valence-electron chi connectivity index (χ1n) is 13.5. The summed E-state index contributed by atoms with van der Waals surface area (Å²) in [5.74, 6) is -2.10. The highest BCUT2D eigenvalue weighted by Crippen LogP contribution is 2.44. The maximum Gasteiger partial charge on any atom is 0.223 e. The molecule has 3 rings (SSSR count). The lowest BCUT2D eigenvalue weighted by atomic mass is 9.71. The van der Waals surface area contributed by atoms with Crippen LogP contribution in [0.3, 0.4) is 0 Å². The fourth-order valence-electron chi connectivity index (χ4n) is 5.40. The van der Waals surface area contributed by atoms with Crippen molar-refractivity contribution >= 4 is 17.8 Å². The quantitative estimate of drug-likeness (QED) is 0.511. The molecule has 206 valence electrons. The molecule has 0 saturated carbocycles. The van der Waals surface area contributed by atoms with Gasteiger partial charge in [0.25, 0.3) is 0 Å². The molecule has 37 heavy (non-hydrogen) atoms. The molecule has 1 aromatic heterocycles. The number of fused-ring (bicyclic) bond motifs is 1. The summed E-state index contributed by atoms with van der Waals surface area (Å²) in [4.78, 5) is 30.7. The third-order valence-electron chi connectivity index (χ3n) is 8.24. The highest BCUT2D eigenvalue weighted by Gasteiger charge is 2.53. The predicted octanol–water partition coefficient (Wildman–Crippen LogP) is 4.37. The Morgan fingerprint density at radius 1 is 1.27 bits per heavy atom. The van der Waals surface area contributed by atoms with E-state index in [1.807, 2.05) is 20.8 Å². The van der Waals surface area contributed by atoms with Crippen molar-refractivity contribution in [2.45, 2.75) is 110 Å². The average molecular weight is 519 g/mol. The second-order valence-electron chi connectivity index (χ2n) is 11.6. The second kappa shape index (κ2) is 12.1. The predicted molar refractivity (Wildman–Crippen MR) is 140 cm³/mol. The van der Waals surface area contributed by atoms with Crippen LogP contribution in [0.15, 0.2) is 30.2 Å². The number of carbonyl (C=O) groups excluding carboxylic acids is 2. The van der Waals surface area contributed by atoms with Gasteiger partial charge in [0.05, 0.1) is 47.5 Å². The number of nitrogens with one attached hydrogen (secondary N) is 1. The van der Waals surface area contributed by atoms with E-state index in [9.17, 15) is 19.8 Å². The number of ether oxygens (including phenoxy) is 1. The lowest BCUT2D eigenvalue weighted by molar-refractivity contribution is -0.144. The van der Waals surface area contributed by atoms with Crippen molar-refractivity contribution < 1.29 is 28.9 Å². The number of ketones is 1. The zero-order valence-electron chi connectivity index (χ0n) is 22.7. The fourth-order valence-corrected chi connectivity index (χ4v) is 5.40. The molecule has 8 heteroatoms. The van der Waals surface area contributed by atoms with E-state index >= 15 is 4.39 Å².